The van der Waals surface area contributed by atoms with E-state index in [2.05, 4.69) is 4.90 Å². The van der Waals surface area contributed by atoms with E-state index in [-0.39, 0.29) is 5.92 Å². The predicted molar refractivity (Wildman–Crippen MR) is 63.4 cm³/mol. The molecular weight excluding hydrogens is 202 g/mol. The Kier molecular flexibility index (Phi) is 4.22. The fourth-order valence-corrected chi connectivity index (χ4v) is 3.16. The van der Waals surface area contributed by atoms with Gasteiger partial charge in [0.2, 0.25) is 0 Å². The third-order valence-corrected chi connectivity index (χ3v) is 4.14. The highest BCUT2D eigenvalue weighted by molar-refractivity contribution is 5.70. The maximum Gasteiger partial charge on any atom is 0.307 e. The maximum absolute atomic E-state index is 11.0. The first-order valence-corrected chi connectivity index (χ1v) is 6.74. The van der Waals surface area contributed by atoms with Crippen molar-refractivity contribution in [3.63, 3.8) is 0 Å². The number of hydrogen-bond donors (Lipinski definition) is 1. The largest absolute Gasteiger partial charge is 0.481 e. The van der Waals surface area contributed by atoms with Crippen molar-refractivity contribution in [1.82, 2.24) is 4.90 Å². The molecule has 16 heavy (non-hydrogen) atoms. The van der Waals surface area contributed by atoms with Gasteiger partial charge in [-0.2, -0.15) is 0 Å². The molecule has 0 bridgehead atoms. The summed E-state index contributed by atoms with van der Waals surface area (Å²) in [5.74, 6) is -0.713. The van der Waals surface area contributed by atoms with Gasteiger partial charge in [0, 0.05) is 12.6 Å². The number of likely N-dealkylation sites (tertiary alicyclic amines) is 1. The zero-order valence-electron chi connectivity index (χ0n) is 10.0. The summed E-state index contributed by atoms with van der Waals surface area (Å²) in [5.41, 5.74) is 0. The molecule has 1 N–H and O–H groups in total. The van der Waals surface area contributed by atoms with Gasteiger partial charge in [-0.15, -0.1) is 0 Å². The van der Waals surface area contributed by atoms with Gasteiger partial charge in [0.15, 0.2) is 0 Å². The average molecular weight is 225 g/mol. The molecule has 1 aliphatic heterocycles. The Balaban J connectivity index is 1.89. The van der Waals surface area contributed by atoms with E-state index in [0.717, 1.165) is 25.9 Å². The summed E-state index contributed by atoms with van der Waals surface area (Å²) >= 11 is 0. The van der Waals surface area contributed by atoms with Crippen LogP contribution in [0, 0.1) is 5.92 Å². The Hall–Kier alpha value is -0.570. The maximum atomic E-state index is 11.0. The number of carboxylic acid groups (broad SMARTS) is 1. The van der Waals surface area contributed by atoms with Crippen LogP contribution in [0.15, 0.2) is 0 Å². The van der Waals surface area contributed by atoms with Crippen molar-refractivity contribution in [2.45, 2.75) is 57.4 Å². The lowest BCUT2D eigenvalue weighted by molar-refractivity contribution is -0.144. The minimum absolute atomic E-state index is 0.114. The normalized spacial score (nSPS) is 29.9. The van der Waals surface area contributed by atoms with Crippen LogP contribution < -0.4 is 0 Å². The summed E-state index contributed by atoms with van der Waals surface area (Å²) < 4.78 is 0. The number of rotatable bonds is 2. The van der Waals surface area contributed by atoms with E-state index >= 15 is 0 Å². The number of hydrogen-bond acceptors (Lipinski definition) is 2. The van der Waals surface area contributed by atoms with Crippen LogP contribution in [0.4, 0.5) is 0 Å². The molecule has 92 valence electrons. The van der Waals surface area contributed by atoms with Crippen LogP contribution in [-0.4, -0.2) is 35.1 Å². The van der Waals surface area contributed by atoms with Crippen LogP contribution in [0.5, 0.6) is 0 Å². The molecule has 1 saturated heterocycles. The first-order chi connectivity index (χ1) is 7.77. The van der Waals surface area contributed by atoms with Gasteiger partial charge >= 0.3 is 5.97 Å². The summed E-state index contributed by atoms with van der Waals surface area (Å²) in [4.78, 5) is 13.5. The molecule has 3 nitrogen and oxygen atoms in total. The summed E-state index contributed by atoms with van der Waals surface area (Å²) in [6.07, 6.45) is 9.90. The molecule has 1 heterocycles. The molecule has 1 saturated carbocycles. The van der Waals surface area contributed by atoms with Gasteiger partial charge in [0.05, 0.1) is 5.92 Å². The fraction of sp³-hybridized carbons (Fsp3) is 0.923. The molecule has 3 heteroatoms. The van der Waals surface area contributed by atoms with E-state index in [1.807, 2.05) is 0 Å². The summed E-state index contributed by atoms with van der Waals surface area (Å²) in [7, 11) is 0. The minimum Gasteiger partial charge on any atom is -0.481 e. The van der Waals surface area contributed by atoms with Gasteiger partial charge in [0.25, 0.3) is 0 Å². The Morgan fingerprint density at radius 3 is 2.31 bits per heavy atom. The highest BCUT2D eigenvalue weighted by atomic mass is 16.4. The molecule has 0 amide bonds. The minimum atomic E-state index is -0.599. The third-order valence-electron chi connectivity index (χ3n) is 4.14. The van der Waals surface area contributed by atoms with Crippen molar-refractivity contribution in [1.29, 1.82) is 0 Å². The summed E-state index contributed by atoms with van der Waals surface area (Å²) in [6.45, 7) is 1.91. The number of carboxylic acids is 1. The molecule has 0 spiro atoms. The van der Waals surface area contributed by atoms with Crippen LogP contribution in [0.1, 0.15) is 51.4 Å². The Morgan fingerprint density at radius 1 is 1.00 bits per heavy atom. The zero-order chi connectivity index (χ0) is 11.4. The average Bonchev–Trinajstić information content (AvgIpc) is 2.57. The quantitative estimate of drug-likeness (QED) is 0.734. The van der Waals surface area contributed by atoms with E-state index in [9.17, 15) is 4.79 Å². The van der Waals surface area contributed by atoms with Crippen LogP contribution in [0.3, 0.4) is 0 Å². The van der Waals surface area contributed by atoms with Gasteiger partial charge in [-0.3, -0.25) is 9.69 Å². The Bertz CT molecular complexity index is 234. The van der Waals surface area contributed by atoms with Crippen LogP contribution in [0.2, 0.25) is 0 Å². The SMILES string of the molecule is O=C(O)C1CCCN(C2CCCCCC2)C1. The van der Waals surface area contributed by atoms with E-state index in [0.29, 0.717) is 6.04 Å². The van der Waals surface area contributed by atoms with Gasteiger partial charge in [0.1, 0.15) is 0 Å². The van der Waals surface area contributed by atoms with Crippen LogP contribution in [-0.2, 0) is 4.79 Å². The number of carbonyl (C=O) groups is 1. The third kappa shape index (κ3) is 2.97. The van der Waals surface area contributed by atoms with Gasteiger partial charge in [-0.05, 0) is 32.2 Å². The smallest absolute Gasteiger partial charge is 0.307 e. The molecule has 2 aliphatic rings. The first-order valence-electron chi connectivity index (χ1n) is 6.74. The van der Waals surface area contributed by atoms with Crippen molar-refractivity contribution < 1.29 is 9.90 Å². The van der Waals surface area contributed by atoms with Crippen molar-refractivity contribution in [2.24, 2.45) is 5.92 Å². The molecule has 1 aliphatic carbocycles. The number of nitrogens with zero attached hydrogens (tertiary/aromatic N) is 1. The number of aliphatic carboxylic acids is 1. The lowest BCUT2D eigenvalue weighted by Crippen LogP contribution is -2.44. The van der Waals surface area contributed by atoms with Crippen LogP contribution in [0.25, 0.3) is 0 Å². The van der Waals surface area contributed by atoms with Crippen LogP contribution >= 0.6 is 0 Å². The van der Waals surface area contributed by atoms with Crippen molar-refractivity contribution >= 4 is 5.97 Å². The highest BCUT2D eigenvalue weighted by Crippen LogP contribution is 2.26. The zero-order valence-corrected chi connectivity index (χ0v) is 10.0. The molecular formula is C13H23NO2. The van der Waals surface area contributed by atoms with E-state index < -0.39 is 5.97 Å². The molecule has 0 aromatic rings. The van der Waals surface area contributed by atoms with Crippen molar-refractivity contribution in [2.75, 3.05) is 13.1 Å². The fourth-order valence-electron chi connectivity index (χ4n) is 3.16. The van der Waals surface area contributed by atoms with Gasteiger partial charge in [-0.25, -0.2) is 0 Å². The second-order valence-corrected chi connectivity index (χ2v) is 5.32. The predicted octanol–water partition coefficient (Wildman–Crippen LogP) is 2.51. The lowest BCUT2D eigenvalue weighted by Gasteiger charge is -2.36. The van der Waals surface area contributed by atoms with Crippen molar-refractivity contribution in [3.05, 3.63) is 0 Å². The van der Waals surface area contributed by atoms with Gasteiger partial charge in [-0.1, -0.05) is 25.7 Å². The second-order valence-electron chi connectivity index (χ2n) is 5.32. The van der Waals surface area contributed by atoms with E-state index in [1.54, 1.807) is 0 Å². The monoisotopic (exact) mass is 225 g/mol. The van der Waals surface area contributed by atoms with E-state index in [1.165, 1.54) is 38.5 Å². The Labute approximate surface area is 97.8 Å². The first kappa shape index (κ1) is 11.9. The molecule has 0 radical (unpaired) electrons. The van der Waals surface area contributed by atoms with Crippen molar-refractivity contribution in [3.8, 4) is 0 Å². The topological polar surface area (TPSA) is 40.5 Å². The van der Waals surface area contributed by atoms with Gasteiger partial charge < -0.3 is 5.11 Å². The molecule has 0 aromatic carbocycles. The molecule has 0 aromatic heterocycles. The van der Waals surface area contributed by atoms with E-state index in [4.69, 9.17) is 5.11 Å². The number of piperidine rings is 1. The molecule has 1 unspecified atom stereocenters. The summed E-state index contributed by atoms with van der Waals surface area (Å²) in [5, 5.41) is 9.08. The standard InChI is InChI=1S/C13H23NO2/c15-13(16)11-6-5-9-14(10-11)12-7-3-1-2-4-8-12/h11-12H,1-10H2,(H,15,16). The lowest BCUT2D eigenvalue weighted by atomic mass is 9.95. The Morgan fingerprint density at radius 2 is 1.69 bits per heavy atom. The molecule has 1 atom stereocenters. The highest BCUT2D eigenvalue weighted by Gasteiger charge is 2.29. The summed E-state index contributed by atoms with van der Waals surface area (Å²) in [6, 6.07) is 0.671. The second kappa shape index (κ2) is 5.67. The molecule has 2 rings (SSSR count). The molecule has 2 fully saturated rings.